The van der Waals surface area contributed by atoms with Gasteiger partial charge in [0, 0.05) is 24.2 Å². The van der Waals surface area contributed by atoms with E-state index < -0.39 is 102 Å². The highest BCUT2D eigenvalue weighted by Gasteiger charge is 2.63. The first-order chi connectivity index (χ1) is 25.6. The van der Waals surface area contributed by atoms with Gasteiger partial charge in [0.1, 0.15) is 54.6 Å². The molecular formula is C41H62O14. The molecule has 8 N–H and O–H groups in total. The minimum Gasteiger partial charge on any atom is -0.394 e. The van der Waals surface area contributed by atoms with Crippen LogP contribution >= 0.6 is 0 Å². The minimum absolute atomic E-state index is 0.0696. The van der Waals surface area contributed by atoms with Crippen LogP contribution in [0.1, 0.15) is 87.0 Å². The Bertz CT molecular complexity index is 1570. The van der Waals surface area contributed by atoms with Gasteiger partial charge < -0.3 is 59.8 Å². The Kier molecular flexibility index (Phi) is 11.9. The quantitative estimate of drug-likeness (QED) is 0.145. The largest absolute Gasteiger partial charge is 0.394 e. The summed E-state index contributed by atoms with van der Waals surface area (Å²) in [6.45, 7) is 12.5. The molecule has 0 amide bonds. The van der Waals surface area contributed by atoms with Crippen molar-refractivity contribution in [2.45, 2.75) is 160 Å². The van der Waals surface area contributed by atoms with E-state index in [-0.39, 0.29) is 36.2 Å². The Hall–Kier alpha value is -1.92. The Morgan fingerprint density at radius 3 is 2.29 bits per heavy atom. The number of hydrogen-bond acceptors (Lipinski definition) is 14. The molecule has 0 aromatic rings. The number of fused-ring (bicyclic) bond motifs is 4. The summed E-state index contributed by atoms with van der Waals surface area (Å²) in [6, 6.07) is 0. The maximum Gasteiger partial charge on any atom is 0.187 e. The van der Waals surface area contributed by atoms with Crippen LogP contribution in [-0.2, 0) is 28.5 Å². The van der Waals surface area contributed by atoms with Crippen LogP contribution < -0.4 is 0 Å². The number of Topliss-reactive ketones (excluding diaryl/α,β-unsaturated/α-hetero) is 2. The maximum atomic E-state index is 14.1. The third-order valence-electron chi connectivity index (χ3n) is 14.3. The van der Waals surface area contributed by atoms with Crippen LogP contribution in [-0.4, -0.2) is 139 Å². The van der Waals surface area contributed by atoms with E-state index in [1.807, 2.05) is 6.92 Å². The third-order valence-corrected chi connectivity index (χ3v) is 14.3. The Morgan fingerprint density at radius 2 is 1.62 bits per heavy atom. The number of aliphatic hydroxyl groups excluding tert-OH is 8. The molecule has 1 saturated carbocycles. The lowest BCUT2D eigenvalue weighted by Gasteiger charge is -2.50. The molecule has 0 bridgehead atoms. The van der Waals surface area contributed by atoms with E-state index in [9.17, 15) is 50.4 Å². The average Bonchev–Trinajstić information content (AvgIpc) is 3.21. The van der Waals surface area contributed by atoms with Gasteiger partial charge in [-0.15, -0.1) is 0 Å². The molecule has 2 saturated heterocycles. The lowest BCUT2D eigenvalue weighted by Crippen LogP contribution is -2.61. The second-order valence-electron chi connectivity index (χ2n) is 18.6. The molecule has 0 radical (unpaired) electrons. The third kappa shape index (κ3) is 7.27. The summed E-state index contributed by atoms with van der Waals surface area (Å²) < 4.78 is 23.1. The SMILES string of the molecule is C[C@H](CC(=O)C(O)C(C)(C)O[C@@H]1O[C@H](CO)[C@@H](O)[C@H](O)[C@H]1O)[C@H]1C(=O)C[C@@]2(C)C3=CC[C@@H]4C(=CC[C@H](O[C@@H]5OC[C@@H](O)[C@H](O)[C@H]5O)C4(C)C)CC3=CC[C@]12C. The summed E-state index contributed by atoms with van der Waals surface area (Å²) in [5.74, 6) is -1.29. The van der Waals surface area contributed by atoms with E-state index in [0.717, 1.165) is 12.0 Å². The molecule has 4 aliphatic carbocycles. The van der Waals surface area contributed by atoms with Crippen LogP contribution in [0.15, 0.2) is 34.9 Å². The van der Waals surface area contributed by atoms with Crippen LogP contribution in [0.25, 0.3) is 0 Å². The van der Waals surface area contributed by atoms with Crippen molar-refractivity contribution in [3.63, 3.8) is 0 Å². The fraction of sp³-hybridized carbons (Fsp3) is 0.805. The molecule has 14 heteroatoms. The molecule has 3 fully saturated rings. The first-order valence-corrected chi connectivity index (χ1v) is 19.7. The summed E-state index contributed by atoms with van der Waals surface area (Å²) in [6.07, 6.45) is -5.13. The van der Waals surface area contributed by atoms with Gasteiger partial charge in [-0.2, -0.15) is 0 Å². The summed E-state index contributed by atoms with van der Waals surface area (Å²) in [7, 11) is 0. The molecule has 2 aliphatic heterocycles. The predicted molar refractivity (Wildman–Crippen MR) is 196 cm³/mol. The first kappa shape index (κ1) is 42.7. The monoisotopic (exact) mass is 778 g/mol. The summed E-state index contributed by atoms with van der Waals surface area (Å²) >= 11 is 0. The maximum absolute atomic E-state index is 14.1. The molecule has 1 unspecified atom stereocenters. The topological polar surface area (TPSA) is 233 Å². The summed E-state index contributed by atoms with van der Waals surface area (Å²) in [5.41, 5.74) is 0.628. The molecule has 55 heavy (non-hydrogen) atoms. The zero-order chi connectivity index (χ0) is 40.6. The minimum atomic E-state index is -1.70. The first-order valence-electron chi connectivity index (χ1n) is 19.7. The molecule has 0 spiro atoms. The van der Waals surface area contributed by atoms with Crippen LogP contribution in [0.4, 0.5) is 0 Å². The van der Waals surface area contributed by atoms with Crippen LogP contribution in [0.3, 0.4) is 0 Å². The predicted octanol–water partition coefficient (Wildman–Crippen LogP) is 0.986. The average molecular weight is 779 g/mol. The number of aliphatic hydroxyl groups is 8. The Labute approximate surface area is 322 Å². The van der Waals surface area contributed by atoms with Crippen LogP contribution in [0, 0.1) is 34.0 Å². The van der Waals surface area contributed by atoms with Gasteiger partial charge in [0.05, 0.1) is 24.9 Å². The number of carbonyl (C=O) groups excluding carboxylic acids is 2. The molecule has 2 heterocycles. The molecule has 310 valence electrons. The highest BCUT2D eigenvalue weighted by atomic mass is 16.7. The van der Waals surface area contributed by atoms with Crippen molar-refractivity contribution in [2.75, 3.05) is 13.2 Å². The van der Waals surface area contributed by atoms with Gasteiger partial charge in [0.2, 0.25) is 0 Å². The highest BCUT2D eigenvalue weighted by Crippen LogP contribution is 2.67. The van der Waals surface area contributed by atoms with Crippen molar-refractivity contribution in [1.82, 2.24) is 0 Å². The van der Waals surface area contributed by atoms with Gasteiger partial charge in [0.25, 0.3) is 0 Å². The van der Waals surface area contributed by atoms with E-state index in [4.69, 9.17) is 18.9 Å². The molecule has 16 atom stereocenters. The Morgan fingerprint density at radius 1 is 0.945 bits per heavy atom. The van der Waals surface area contributed by atoms with Crippen molar-refractivity contribution in [3.05, 3.63) is 34.9 Å². The van der Waals surface area contributed by atoms with Crippen molar-refractivity contribution >= 4 is 11.6 Å². The zero-order valence-corrected chi connectivity index (χ0v) is 33.0. The van der Waals surface area contributed by atoms with Gasteiger partial charge in [-0.05, 0) is 73.3 Å². The standard InChI is InChI=1S/C41H62O14/c1-19(14-24(43)35(51)39(4,5)55-37-34(50)32(48)31(47)27(17-42)53-37)29-25(44)16-41(7)23-10-9-22-20(15-21(23)12-13-40(29,41)6)8-11-28(38(22,2)3)54-36-33(49)30(46)26(45)18-52-36/h8,10,12,19,22,26-37,42,45-51H,9,11,13-18H2,1-7H3/t19-,22-,26-,27-,28+,29+,30+,31-,32+,33-,34-,35?,36+,37+,40-,41+/m1/s1. The second kappa shape index (κ2) is 15.4. The number of ether oxygens (including phenoxy) is 4. The van der Waals surface area contributed by atoms with Crippen molar-refractivity contribution < 1.29 is 69.4 Å². The molecule has 6 aliphatic rings. The number of ketones is 2. The van der Waals surface area contributed by atoms with E-state index in [1.54, 1.807) is 0 Å². The molecule has 0 aromatic heterocycles. The van der Waals surface area contributed by atoms with Gasteiger partial charge in [-0.1, -0.05) is 58.4 Å². The molecular weight excluding hydrogens is 716 g/mol. The number of carbonyl (C=O) groups is 2. The van der Waals surface area contributed by atoms with Gasteiger partial charge >= 0.3 is 0 Å². The number of allylic oxidation sites excluding steroid dienone is 5. The highest BCUT2D eigenvalue weighted by molar-refractivity contribution is 5.89. The Balaban J connectivity index is 1.16. The van der Waals surface area contributed by atoms with E-state index in [2.05, 4.69) is 45.9 Å². The van der Waals surface area contributed by atoms with Gasteiger partial charge in [-0.25, -0.2) is 0 Å². The molecule has 0 aromatic carbocycles. The summed E-state index contributed by atoms with van der Waals surface area (Å²) in [5, 5.41) is 82.3. The molecule has 14 nitrogen and oxygen atoms in total. The van der Waals surface area contributed by atoms with Gasteiger partial charge in [0.15, 0.2) is 18.4 Å². The number of hydrogen-bond donors (Lipinski definition) is 8. The van der Waals surface area contributed by atoms with Crippen molar-refractivity contribution in [1.29, 1.82) is 0 Å². The van der Waals surface area contributed by atoms with E-state index in [0.29, 0.717) is 25.7 Å². The fourth-order valence-corrected chi connectivity index (χ4v) is 10.7. The normalized spacial score (nSPS) is 44.2. The van der Waals surface area contributed by atoms with Crippen LogP contribution in [0.5, 0.6) is 0 Å². The smallest absolute Gasteiger partial charge is 0.187 e. The lowest BCUT2D eigenvalue weighted by atomic mass is 9.53. The van der Waals surface area contributed by atoms with Crippen molar-refractivity contribution in [2.24, 2.45) is 34.0 Å². The van der Waals surface area contributed by atoms with E-state index >= 15 is 0 Å². The van der Waals surface area contributed by atoms with Crippen LogP contribution in [0.2, 0.25) is 0 Å². The number of rotatable bonds is 10. The van der Waals surface area contributed by atoms with Crippen molar-refractivity contribution in [3.8, 4) is 0 Å². The fourth-order valence-electron chi connectivity index (χ4n) is 10.7. The molecule has 6 rings (SSSR count). The second-order valence-corrected chi connectivity index (χ2v) is 18.6. The summed E-state index contributed by atoms with van der Waals surface area (Å²) in [4.78, 5) is 27.8. The van der Waals surface area contributed by atoms with Gasteiger partial charge in [-0.3, -0.25) is 9.59 Å². The van der Waals surface area contributed by atoms with E-state index in [1.165, 1.54) is 25.0 Å². The zero-order valence-electron chi connectivity index (χ0n) is 33.0. The lowest BCUT2D eigenvalue weighted by molar-refractivity contribution is -0.329.